The van der Waals surface area contributed by atoms with Crippen LogP contribution in [0.25, 0.3) is 11.1 Å². The number of nitrogens with one attached hydrogen (secondary N) is 1. The standard InChI is InChI=1S/C13H15NS/c1-10-7-12(9-15-10)13-6-4-3-5-11(13)8-14-2/h3-7,9,14H,8H2,1-2H3. The van der Waals surface area contributed by atoms with Crippen molar-refractivity contribution in [2.75, 3.05) is 7.05 Å². The SMILES string of the molecule is CNCc1ccccc1-c1csc(C)c1. The third-order valence-electron chi connectivity index (χ3n) is 2.43. The third-order valence-corrected chi connectivity index (χ3v) is 3.29. The van der Waals surface area contributed by atoms with Gasteiger partial charge in [0.25, 0.3) is 0 Å². The fraction of sp³-hybridized carbons (Fsp3) is 0.231. The van der Waals surface area contributed by atoms with Crippen LogP contribution < -0.4 is 5.32 Å². The summed E-state index contributed by atoms with van der Waals surface area (Å²) >= 11 is 1.81. The van der Waals surface area contributed by atoms with Gasteiger partial charge in [-0.1, -0.05) is 24.3 Å². The molecule has 0 atom stereocenters. The summed E-state index contributed by atoms with van der Waals surface area (Å²) in [5.74, 6) is 0. The van der Waals surface area contributed by atoms with Crippen LogP contribution in [0.5, 0.6) is 0 Å². The van der Waals surface area contributed by atoms with Crippen LogP contribution in [0.15, 0.2) is 35.7 Å². The molecule has 1 aromatic heterocycles. The van der Waals surface area contributed by atoms with Gasteiger partial charge in [-0.3, -0.25) is 0 Å². The van der Waals surface area contributed by atoms with Crippen molar-refractivity contribution in [1.29, 1.82) is 0 Å². The quantitative estimate of drug-likeness (QED) is 0.830. The number of aryl methyl sites for hydroxylation is 1. The van der Waals surface area contributed by atoms with E-state index < -0.39 is 0 Å². The smallest absolute Gasteiger partial charge is 0.0208 e. The highest BCUT2D eigenvalue weighted by Crippen LogP contribution is 2.27. The summed E-state index contributed by atoms with van der Waals surface area (Å²) in [6.07, 6.45) is 0. The average molecular weight is 217 g/mol. The zero-order valence-electron chi connectivity index (χ0n) is 9.08. The Balaban J connectivity index is 2.42. The van der Waals surface area contributed by atoms with Crippen molar-refractivity contribution < 1.29 is 0 Å². The highest BCUT2D eigenvalue weighted by molar-refractivity contribution is 7.10. The summed E-state index contributed by atoms with van der Waals surface area (Å²) in [5, 5.41) is 5.43. The first-order valence-corrected chi connectivity index (χ1v) is 5.97. The molecule has 1 nitrogen and oxygen atoms in total. The summed E-state index contributed by atoms with van der Waals surface area (Å²) in [4.78, 5) is 1.37. The van der Waals surface area contributed by atoms with E-state index in [1.807, 2.05) is 7.05 Å². The van der Waals surface area contributed by atoms with Gasteiger partial charge in [0, 0.05) is 11.4 Å². The predicted octanol–water partition coefficient (Wildman–Crippen LogP) is 3.44. The monoisotopic (exact) mass is 217 g/mol. The minimum Gasteiger partial charge on any atom is -0.316 e. The molecule has 1 N–H and O–H groups in total. The molecule has 0 saturated carbocycles. The molecule has 0 spiro atoms. The fourth-order valence-electron chi connectivity index (χ4n) is 1.73. The first-order valence-electron chi connectivity index (χ1n) is 5.09. The van der Waals surface area contributed by atoms with Crippen molar-refractivity contribution in [3.8, 4) is 11.1 Å². The van der Waals surface area contributed by atoms with E-state index in [1.165, 1.54) is 21.6 Å². The highest BCUT2D eigenvalue weighted by atomic mass is 32.1. The van der Waals surface area contributed by atoms with E-state index in [-0.39, 0.29) is 0 Å². The molecule has 0 fully saturated rings. The zero-order valence-corrected chi connectivity index (χ0v) is 9.90. The summed E-state index contributed by atoms with van der Waals surface area (Å²) < 4.78 is 0. The molecular formula is C13H15NS. The van der Waals surface area contributed by atoms with Gasteiger partial charge in [0.15, 0.2) is 0 Å². The summed E-state index contributed by atoms with van der Waals surface area (Å²) in [5.41, 5.74) is 4.04. The zero-order chi connectivity index (χ0) is 10.7. The largest absolute Gasteiger partial charge is 0.316 e. The first-order chi connectivity index (χ1) is 7.31. The lowest BCUT2D eigenvalue weighted by atomic mass is 10.0. The Morgan fingerprint density at radius 1 is 1.27 bits per heavy atom. The second kappa shape index (κ2) is 4.60. The maximum atomic E-state index is 3.20. The number of hydrogen-bond acceptors (Lipinski definition) is 2. The van der Waals surface area contributed by atoms with Gasteiger partial charge >= 0.3 is 0 Å². The Labute approximate surface area is 94.8 Å². The second-order valence-electron chi connectivity index (χ2n) is 3.63. The van der Waals surface area contributed by atoms with Crippen molar-refractivity contribution in [2.45, 2.75) is 13.5 Å². The first kappa shape index (κ1) is 10.4. The van der Waals surface area contributed by atoms with E-state index in [2.05, 4.69) is 48.0 Å². The second-order valence-corrected chi connectivity index (χ2v) is 4.75. The molecule has 0 aliphatic rings. The summed E-state index contributed by atoms with van der Waals surface area (Å²) in [7, 11) is 1.98. The molecule has 2 rings (SSSR count). The molecule has 2 heteroatoms. The average Bonchev–Trinajstić information content (AvgIpc) is 2.66. The van der Waals surface area contributed by atoms with E-state index in [4.69, 9.17) is 0 Å². The third kappa shape index (κ3) is 2.28. The topological polar surface area (TPSA) is 12.0 Å². The molecule has 0 bridgehead atoms. The predicted molar refractivity (Wildman–Crippen MR) is 67.3 cm³/mol. The van der Waals surface area contributed by atoms with Crippen LogP contribution in [0.4, 0.5) is 0 Å². The molecule has 2 aromatic rings. The van der Waals surface area contributed by atoms with Crippen LogP contribution in [0.2, 0.25) is 0 Å². The highest BCUT2D eigenvalue weighted by Gasteiger charge is 2.04. The van der Waals surface area contributed by atoms with Crippen molar-refractivity contribution in [3.63, 3.8) is 0 Å². The van der Waals surface area contributed by atoms with Crippen LogP contribution in [0.1, 0.15) is 10.4 Å². The summed E-state index contributed by atoms with van der Waals surface area (Å²) in [6.45, 7) is 3.07. The van der Waals surface area contributed by atoms with Gasteiger partial charge < -0.3 is 5.32 Å². The number of thiophene rings is 1. The number of hydrogen-bond donors (Lipinski definition) is 1. The van der Waals surface area contributed by atoms with Crippen LogP contribution in [0.3, 0.4) is 0 Å². The molecular weight excluding hydrogens is 202 g/mol. The molecule has 0 aliphatic heterocycles. The molecule has 0 amide bonds. The number of benzene rings is 1. The lowest BCUT2D eigenvalue weighted by Gasteiger charge is -2.06. The molecule has 0 aliphatic carbocycles. The molecule has 1 aromatic carbocycles. The molecule has 1 heterocycles. The molecule has 0 radical (unpaired) electrons. The Bertz CT molecular complexity index is 445. The summed E-state index contributed by atoms with van der Waals surface area (Å²) in [6, 6.07) is 10.8. The lowest BCUT2D eigenvalue weighted by Crippen LogP contribution is -2.05. The molecule has 0 saturated heterocycles. The van der Waals surface area contributed by atoms with E-state index in [1.54, 1.807) is 11.3 Å². The van der Waals surface area contributed by atoms with Crippen LogP contribution in [-0.2, 0) is 6.54 Å². The minimum absolute atomic E-state index is 0.922. The Morgan fingerprint density at radius 2 is 2.07 bits per heavy atom. The fourth-order valence-corrected chi connectivity index (χ4v) is 2.43. The molecule has 0 unspecified atom stereocenters. The van der Waals surface area contributed by atoms with Crippen molar-refractivity contribution in [2.24, 2.45) is 0 Å². The van der Waals surface area contributed by atoms with Gasteiger partial charge in [-0.15, -0.1) is 11.3 Å². The molecule has 78 valence electrons. The van der Waals surface area contributed by atoms with Crippen LogP contribution in [-0.4, -0.2) is 7.05 Å². The molecule has 15 heavy (non-hydrogen) atoms. The van der Waals surface area contributed by atoms with Crippen molar-refractivity contribution in [1.82, 2.24) is 5.32 Å². The van der Waals surface area contributed by atoms with E-state index >= 15 is 0 Å². The number of rotatable bonds is 3. The van der Waals surface area contributed by atoms with Crippen molar-refractivity contribution >= 4 is 11.3 Å². The maximum absolute atomic E-state index is 3.20. The normalized spacial score (nSPS) is 10.5. The van der Waals surface area contributed by atoms with E-state index in [0.29, 0.717) is 0 Å². The van der Waals surface area contributed by atoms with Gasteiger partial charge in [-0.05, 0) is 42.1 Å². The van der Waals surface area contributed by atoms with Crippen LogP contribution >= 0.6 is 11.3 Å². The van der Waals surface area contributed by atoms with Gasteiger partial charge in [0.05, 0.1) is 0 Å². The van der Waals surface area contributed by atoms with Gasteiger partial charge in [-0.2, -0.15) is 0 Å². The van der Waals surface area contributed by atoms with Gasteiger partial charge in [-0.25, -0.2) is 0 Å². The van der Waals surface area contributed by atoms with E-state index in [0.717, 1.165) is 6.54 Å². The van der Waals surface area contributed by atoms with Crippen molar-refractivity contribution in [3.05, 3.63) is 46.2 Å². The van der Waals surface area contributed by atoms with Gasteiger partial charge in [0.1, 0.15) is 0 Å². The minimum atomic E-state index is 0.922. The Kier molecular flexibility index (Phi) is 3.19. The maximum Gasteiger partial charge on any atom is 0.0208 e. The Morgan fingerprint density at radius 3 is 2.73 bits per heavy atom. The van der Waals surface area contributed by atoms with Gasteiger partial charge in [0.2, 0.25) is 0 Å². The van der Waals surface area contributed by atoms with E-state index in [9.17, 15) is 0 Å². The van der Waals surface area contributed by atoms with Crippen LogP contribution in [0, 0.1) is 6.92 Å². The lowest BCUT2D eigenvalue weighted by molar-refractivity contribution is 0.819. The Hall–Kier alpha value is -1.12.